The molecule has 1 atom stereocenters. The van der Waals surface area contributed by atoms with E-state index in [0.717, 1.165) is 11.1 Å². The maximum atomic E-state index is 13.4. The molecule has 0 radical (unpaired) electrons. The molecule has 1 N–H and O–H groups in total. The number of aryl methyl sites for hydroxylation is 1. The number of ketones is 1. The highest BCUT2D eigenvalue weighted by Gasteiger charge is 2.46. The number of likely N-dealkylation sites (tertiary alicyclic amines) is 1. The molecule has 1 fully saturated rings. The molecule has 1 saturated heterocycles. The fourth-order valence-electron chi connectivity index (χ4n) is 4.59. The van der Waals surface area contributed by atoms with Crippen molar-refractivity contribution >= 4 is 29.1 Å². The van der Waals surface area contributed by atoms with Crippen LogP contribution in [0, 0.1) is 6.92 Å². The number of halogens is 1. The number of Topliss-reactive ketones (excluding diaryl/α,β-unsaturated/α-hetero) is 1. The van der Waals surface area contributed by atoms with E-state index in [-0.39, 0.29) is 23.4 Å². The molecule has 3 aromatic rings. The van der Waals surface area contributed by atoms with Crippen molar-refractivity contribution in [1.29, 1.82) is 0 Å². The van der Waals surface area contributed by atoms with E-state index < -0.39 is 17.7 Å². The van der Waals surface area contributed by atoms with Gasteiger partial charge in [-0.3, -0.25) is 9.59 Å². The Balaban J connectivity index is 1.79. The zero-order valence-corrected chi connectivity index (χ0v) is 21.8. The normalized spacial score (nSPS) is 16.7. The number of carbonyl (C=O) groups excluding carboxylic acids is 2. The monoisotopic (exact) mass is 521 g/mol. The largest absolute Gasteiger partial charge is 0.507 e. The van der Waals surface area contributed by atoms with Gasteiger partial charge in [0, 0.05) is 11.6 Å². The van der Waals surface area contributed by atoms with E-state index in [1.807, 2.05) is 43.3 Å². The number of amides is 1. The molecule has 0 aromatic heterocycles. The second-order valence-electron chi connectivity index (χ2n) is 8.69. The summed E-state index contributed by atoms with van der Waals surface area (Å²) in [6, 6.07) is 17.0. The fourth-order valence-corrected chi connectivity index (χ4v) is 4.77. The molecule has 1 heterocycles. The van der Waals surface area contributed by atoms with Gasteiger partial charge in [-0.1, -0.05) is 47.5 Å². The van der Waals surface area contributed by atoms with Gasteiger partial charge < -0.3 is 24.2 Å². The van der Waals surface area contributed by atoms with E-state index in [4.69, 9.17) is 25.8 Å². The van der Waals surface area contributed by atoms with Gasteiger partial charge in [0.25, 0.3) is 11.7 Å². The second kappa shape index (κ2) is 11.0. The van der Waals surface area contributed by atoms with Gasteiger partial charge in [-0.2, -0.15) is 0 Å². The van der Waals surface area contributed by atoms with Crippen molar-refractivity contribution in [2.24, 2.45) is 0 Å². The predicted octanol–water partition coefficient (Wildman–Crippen LogP) is 5.34. The molecule has 1 aliphatic heterocycles. The van der Waals surface area contributed by atoms with Gasteiger partial charge in [0.05, 0.1) is 38.5 Å². The quantitative estimate of drug-likeness (QED) is 0.245. The molecule has 1 amide bonds. The van der Waals surface area contributed by atoms with Crippen molar-refractivity contribution in [3.05, 3.63) is 93.5 Å². The van der Waals surface area contributed by atoms with Gasteiger partial charge in [0.2, 0.25) is 0 Å². The Labute approximate surface area is 220 Å². The van der Waals surface area contributed by atoms with Gasteiger partial charge in [0.15, 0.2) is 11.5 Å². The molecule has 37 heavy (non-hydrogen) atoms. The number of carbonyl (C=O) groups is 2. The lowest BCUT2D eigenvalue weighted by molar-refractivity contribution is -0.139. The SMILES string of the molecule is COc1ccc(CCN2C(=O)C(=O)/C(=C(/O)c3cc(Cl)ccc3OC)C2c2cccc(C)c2)cc1OC. The number of nitrogens with zero attached hydrogens (tertiary/aromatic N) is 1. The molecule has 0 saturated carbocycles. The summed E-state index contributed by atoms with van der Waals surface area (Å²) in [7, 11) is 4.58. The Morgan fingerprint density at radius 1 is 0.919 bits per heavy atom. The minimum Gasteiger partial charge on any atom is -0.507 e. The van der Waals surface area contributed by atoms with Crippen LogP contribution in [0.3, 0.4) is 0 Å². The molecule has 1 unspecified atom stereocenters. The highest BCUT2D eigenvalue weighted by Crippen LogP contribution is 2.41. The first kappa shape index (κ1) is 26.1. The number of ether oxygens (including phenoxy) is 3. The molecule has 0 bridgehead atoms. The van der Waals surface area contributed by atoms with Crippen molar-refractivity contribution in [3.8, 4) is 17.2 Å². The van der Waals surface area contributed by atoms with E-state index in [9.17, 15) is 14.7 Å². The molecule has 1 aliphatic rings. The summed E-state index contributed by atoms with van der Waals surface area (Å²) >= 11 is 6.19. The van der Waals surface area contributed by atoms with Gasteiger partial charge in [-0.05, 0) is 54.8 Å². The Hall–Kier alpha value is -3.97. The van der Waals surface area contributed by atoms with Crippen LogP contribution in [-0.4, -0.2) is 49.6 Å². The Morgan fingerprint density at radius 2 is 1.62 bits per heavy atom. The Morgan fingerprint density at radius 3 is 2.30 bits per heavy atom. The van der Waals surface area contributed by atoms with Crippen molar-refractivity contribution < 1.29 is 28.9 Å². The summed E-state index contributed by atoms with van der Waals surface area (Å²) in [6.07, 6.45) is 0.455. The number of aliphatic hydroxyl groups excluding tert-OH is 1. The average Bonchev–Trinajstić information content (AvgIpc) is 3.16. The summed E-state index contributed by atoms with van der Waals surface area (Å²) in [5.74, 6) is -0.278. The van der Waals surface area contributed by atoms with Gasteiger partial charge >= 0.3 is 0 Å². The summed E-state index contributed by atoms with van der Waals surface area (Å²) in [6.45, 7) is 2.17. The van der Waals surface area contributed by atoms with E-state index >= 15 is 0 Å². The first-order valence-electron chi connectivity index (χ1n) is 11.7. The lowest BCUT2D eigenvalue weighted by Gasteiger charge is -2.26. The lowest BCUT2D eigenvalue weighted by Crippen LogP contribution is -2.31. The molecule has 192 valence electrons. The second-order valence-corrected chi connectivity index (χ2v) is 9.13. The summed E-state index contributed by atoms with van der Waals surface area (Å²) in [5, 5.41) is 11.7. The molecule has 3 aromatic carbocycles. The average molecular weight is 522 g/mol. The van der Waals surface area contributed by atoms with Crippen LogP contribution in [0.4, 0.5) is 0 Å². The van der Waals surface area contributed by atoms with Crippen LogP contribution in [0.1, 0.15) is 28.3 Å². The minimum atomic E-state index is -0.788. The summed E-state index contributed by atoms with van der Waals surface area (Å²) in [4.78, 5) is 28.2. The van der Waals surface area contributed by atoms with Crippen molar-refractivity contribution in [2.45, 2.75) is 19.4 Å². The lowest BCUT2D eigenvalue weighted by atomic mass is 9.94. The highest BCUT2D eigenvalue weighted by atomic mass is 35.5. The smallest absolute Gasteiger partial charge is 0.295 e. The zero-order valence-electron chi connectivity index (χ0n) is 21.1. The number of rotatable bonds is 8. The fraction of sp³-hybridized carbons (Fsp3) is 0.241. The number of aliphatic hydroxyl groups is 1. The molecule has 7 nitrogen and oxygen atoms in total. The summed E-state index contributed by atoms with van der Waals surface area (Å²) < 4.78 is 16.1. The first-order valence-corrected chi connectivity index (χ1v) is 12.1. The predicted molar refractivity (Wildman–Crippen MR) is 141 cm³/mol. The molecular formula is C29H28ClNO6. The number of hydrogen-bond donors (Lipinski definition) is 1. The van der Waals surface area contributed by atoms with Gasteiger partial charge in [0.1, 0.15) is 11.5 Å². The third kappa shape index (κ3) is 5.13. The van der Waals surface area contributed by atoms with Gasteiger partial charge in [-0.25, -0.2) is 0 Å². The van der Waals surface area contributed by atoms with Crippen LogP contribution < -0.4 is 14.2 Å². The van der Waals surface area contributed by atoms with Crippen molar-refractivity contribution in [2.75, 3.05) is 27.9 Å². The highest BCUT2D eigenvalue weighted by molar-refractivity contribution is 6.46. The molecule has 0 aliphatic carbocycles. The van der Waals surface area contributed by atoms with Crippen LogP contribution in [0.15, 0.2) is 66.2 Å². The van der Waals surface area contributed by atoms with Crippen LogP contribution in [0.2, 0.25) is 5.02 Å². The number of benzene rings is 3. The number of hydrogen-bond acceptors (Lipinski definition) is 6. The molecule has 8 heteroatoms. The maximum Gasteiger partial charge on any atom is 0.295 e. The maximum absolute atomic E-state index is 13.4. The minimum absolute atomic E-state index is 0.0107. The van der Waals surface area contributed by atoms with Crippen molar-refractivity contribution in [3.63, 3.8) is 0 Å². The Bertz CT molecular complexity index is 1380. The van der Waals surface area contributed by atoms with Crippen LogP contribution in [-0.2, 0) is 16.0 Å². The molecular weight excluding hydrogens is 494 g/mol. The third-order valence-electron chi connectivity index (χ3n) is 6.40. The van der Waals surface area contributed by atoms with Gasteiger partial charge in [-0.15, -0.1) is 0 Å². The van der Waals surface area contributed by atoms with Crippen LogP contribution >= 0.6 is 11.6 Å². The summed E-state index contributed by atoms with van der Waals surface area (Å²) in [5.41, 5.74) is 2.81. The van der Waals surface area contributed by atoms with E-state index in [0.29, 0.717) is 34.3 Å². The van der Waals surface area contributed by atoms with Crippen LogP contribution in [0.25, 0.3) is 5.76 Å². The van der Waals surface area contributed by atoms with E-state index in [2.05, 4.69) is 0 Å². The van der Waals surface area contributed by atoms with Crippen LogP contribution in [0.5, 0.6) is 17.2 Å². The standard InChI is InChI=1S/C29H28ClNO6/c1-17-6-5-7-19(14-17)26-25(27(32)21-16-20(30)9-11-22(21)35-2)28(33)29(34)31(26)13-12-18-8-10-23(36-3)24(15-18)37-4/h5-11,14-16,26,32H,12-13H2,1-4H3/b27-25+. The Kier molecular flexibility index (Phi) is 7.74. The van der Waals surface area contributed by atoms with E-state index in [1.165, 1.54) is 18.1 Å². The van der Waals surface area contributed by atoms with E-state index in [1.54, 1.807) is 32.4 Å². The number of methoxy groups -OCH3 is 3. The third-order valence-corrected chi connectivity index (χ3v) is 6.64. The van der Waals surface area contributed by atoms with Crippen molar-refractivity contribution in [1.82, 2.24) is 4.90 Å². The molecule has 0 spiro atoms. The first-order chi connectivity index (χ1) is 17.8. The zero-order chi connectivity index (χ0) is 26.7. The molecule has 4 rings (SSSR count). The topological polar surface area (TPSA) is 85.3 Å².